The van der Waals surface area contributed by atoms with Crippen molar-refractivity contribution in [3.63, 3.8) is 0 Å². The predicted octanol–water partition coefficient (Wildman–Crippen LogP) is 2.54. The van der Waals surface area contributed by atoms with Gasteiger partial charge in [0.05, 0.1) is 0 Å². The monoisotopic (exact) mass is 208 g/mol. The molecule has 0 bridgehead atoms. The second-order valence-electron chi connectivity index (χ2n) is 3.97. The number of rotatable bonds is 5. The minimum absolute atomic E-state index is 1.11. The van der Waals surface area contributed by atoms with Crippen molar-refractivity contribution < 1.29 is 0 Å². The van der Waals surface area contributed by atoms with Crippen LogP contribution < -0.4 is 5.32 Å². The van der Waals surface area contributed by atoms with Crippen molar-refractivity contribution in [1.82, 2.24) is 10.2 Å². The molecule has 86 valence electrons. The molecule has 15 heavy (non-hydrogen) atoms. The zero-order valence-electron chi connectivity index (χ0n) is 10.1. The van der Waals surface area contributed by atoms with Crippen LogP contribution in [0.15, 0.2) is 23.9 Å². The number of piperazine rings is 1. The molecule has 2 nitrogen and oxygen atoms in total. The first-order valence-corrected chi connectivity index (χ1v) is 6.20. The van der Waals surface area contributed by atoms with E-state index in [0.29, 0.717) is 0 Å². The minimum atomic E-state index is 1.11. The maximum atomic E-state index is 3.39. The summed E-state index contributed by atoms with van der Waals surface area (Å²) in [4.78, 5) is 2.48. The lowest BCUT2D eigenvalue weighted by molar-refractivity contribution is 0.306. The van der Waals surface area contributed by atoms with Gasteiger partial charge in [-0.15, -0.1) is 0 Å². The van der Waals surface area contributed by atoms with Gasteiger partial charge in [0.2, 0.25) is 0 Å². The Hall–Kier alpha value is -0.760. The number of hydrogen-bond donors (Lipinski definition) is 1. The molecule has 0 aliphatic carbocycles. The van der Waals surface area contributed by atoms with Gasteiger partial charge in [-0.2, -0.15) is 0 Å². The Labute approximate surface area is 94.0 Å². The van der Waals surface area contributed by atoms with Gasteiger partial charge in [-0.25, -0.2) is 0 Å². The summed E-state index contributed by atoms with van der Waals surface area (Å²) in [6.45, 7) is 8.93. The van der Waals surface area contributed by atoms with Crippen LogP contribution in [0.2, 0.25) is 0 Å². The van der Waals surface area contributed by atoms with E-state index in [4.69, 9.17) is 0 Å². The Morgan fingerprint density at radius 2 is 2.00 bits per heavy atom. The summed E-state index contributed by atoms with van der Waals surface area (Å²) >= 11 is 0. The third-order valence-electron chi connectivity index (χ3n) is 2.65. The summed E-state index contributed by atoms with van der Waals surface area (Å²) in [6, 6.07) is 0. The summed E-state index contributed by atoms with van der Waals surface area (Å²) < 4.78 is 0. The van der Waals surface area contributed by atoms with E-state index in [9.17, 15) is 0 Å². The fourth-order valence-corrected chi connectivity index (χ4v) is 1.76. The molecule has 1 rings (SSSR count). The molecule has 1 fully saturated rings. The molecule has 1 N–H and O–H groups in total. The zero-order valence-corrected chi connectivity index (χ0v) is 10.1. The highest BCUT2D eigenvalue weighted by Crippen LogP contribution is 2.10. The third-order valence-corrected chi connectivity index (χ3v) is 2.65. The Kier molecular flexibility index (Phi) is 6.17. The van der Waals surface area contributed by atoms with Crippen molar-refractivity contribution in [3.8, 4) is 0 Å². The number of hydrogen-bond acceptors (Lipinski definition) is 2. The van der Waals surface area contributed by atoms with Crippen LogP contribution in [0, 0.1) is 0 Å². The Morgan fingerprint density at radius 3 is 2.60 bits per heavy atom. The number of allylic oxidation sites excluding steroid dienone is 3. The lowest BCUT2D eigenvalue weighted by atomic mass is 10.2. The van der Waals surface area contributed by atoms with E-state index in [1.807, 2.05) is 0 Å². The minimum Gasteiger partial charge on any atom is -0.369 e. The van der Waals surface area contributed by atoms with Gasteiger partial charge in [-0.05, 0) is 18.9 Å². The standard InChI is InChI=1S/C13H24N2/c1-3-5-7-13(8-6-4-2)15-11-9-14-10-12-15/h5,7-8,14H,3-4,6,9-12H2,1-2H3/b7-5-,13-8+. The summed E-state index contributed by atoms with van der Waals surface area (Å²) in [5.74, 6) is 0. The van der Waals surface area contributed by atoms with Gasteiger partial charge in [0.15, 0.2) is 0 Å². The van der Waals surface area contributed by atoms with E-state index in [1.165, 1.54) is 18.5 Å². The molecule has 0 aromatic carbocycles. The Bertz CT molecular complexity index is 213. The molecular weight excluding hydrogens is 184 g/mol. The molecular formula is C13H24N2. The summed E-state index contributed by atoms with van der Waals surface area (Å²) in [7, 11) is 0. The van der Waals surface area contributed by atoms with Crippen molar-refractivity contribution in [1.29, 1.82) is 0 Å². The molecule has 2 heteroatoms. The predicted molar refractivity (Wildman–Crippen MR) is 66.9 cm³/mol. The lowest BCUT2D eigenvalue weighted by Gasteiger charge is -2.30. The van der Waals surface area contributed by atoms with Crippen LogP contribution in [0.3, 0.4) is 0 Å². The molecule has 0 radical (unpaired) electrons. The first-order valence-electron chi connectivity index (χ1n) is 6.20. The van der Waals surface area contributed by atoms with Gasteiger partial charge in [-0.3, -0.25) is 0 Å². The van der Waals surface area contributed by atoms with Crippen molar-refractivity contribution in [3.05, 3.63) is 23.9 Å². The van der Waals surface area contributed by atoms with Gasteiger partial charge in [0.1, 0.15) is 0 Å². The molecule has 1 saturated heterocycles. The van der Waals surface area contributed by atoms with Crippen LogP contribution in [-0.2, 0) is 0 Å². The van der Waals surface area contributed by atoms with Crippen molar-refractivity contribution in [2.45, 2.75) is 33.1 Å². The first-order chi connectivity index (χ1) is 7.38. The van der Waals surface area contributed by atoms with E-state index in [1.54, 1.807) is 0 Å². The molecule has 0 spiro atoms. The van der Waals surface area contributed by atoms with Gasteiger partial charge in [0.25, 0.3) is 0 Å². The molecule has 1 heterocycles. The van der Waals surface area contributed by atoms with Crippen molar-refractivity contribution in [2.75, 3.05) is 26.2 Å². The van der Waals surface area contributed by atoms with Crippen molar-refractivity contribution >= 4 is 0 Å². The number of unbranched alkanes of at least 4 members (excludes halogenated alkanes) is 1. The zero-order chi connectivity index (χ0) is 10.9. The topological polar surface area (TPSA) is 15.3 Å². The average molecular weight is 208 g/mol. The van der Waals surface area contributed by atoms with E-state index in [2.05, 4.69) is 42.3 Å². The summed E-state index contributed by atoms with van der Waals surface area (Å²) in [6.07, 6.45) is 10.4. The second-order valence-corrected chi connectivity index (χ2v) is 3.97. The van der Waals surface area contributed by atoms with Crippen LogP contribution in [0.1, 0.15) is 33.1 Å². The molecule has 0 saturated carbocycles. The second kappa shape index (κ2) is 7.52. The highest BCUT2D eigenvalue weighted by atomic mass is 15.2. The highest BCUT2D eigenvalue weighted by Gasteiger charge is 2.09. The van der Waals surface area contributed by atoms with Gasteiger partial charge >= 0.3 is 0 Å². The maximum absolute atomic E-state index is 3.39. The lowest BCUT2D eigenvalue weighted by Crippen LogP contribution is -2.42. The first kappa shape index (κ1) is 12.3. The van der Waals surface area contributed by atoms with E-state index < -0.39 is 0 Å². The van der Waals surface area contributed by atoms with E-state index in [0.717, 1.165) is 32.6 Å². The molecule has 0 atom stereocenters. The molecule has 1 aliphatic heterocycles. The number of nitrogens with one attached hydrogen (secondary N) is 1. The molecule has 0 amide bonds. The summed E-state index contributed by atoms with van der Waals surface area (Å²) in [5, 5.41) is 3.39. The largest absolute Gasteiger partial charge is 0.369 e. The maximum Gasteiger partial charge on any atom is 0.0323 e. The quantitative estimate of drug-likeness (QED) is 0.699. The van der Waals surface area contributed by atoms with Crippen LogP contribution in [0.4, 0.5) is 0 Å². The van der Waals surface area contributed by atoms with Gasteiger partial charge < -0.3 is 10.2 Å². The number of nitrogens with zero attached hydrogens (tertiary/aromatic N) is 1. The summed E-state index contributed by atoms with van der Waals surface area (Å²) in [5.41, 5.74) is 1.42. The van der Waals surface area contributed by atoms with Crippen molar-refractivity contribution in [2.24, 2.45) is 0 Å². The van der Waals surface area contributed by atoms with Gasteiger partial charge in [-0.1, -0.05) is 32.4 Å². The van der Waals surface area contributed by atoms with E-state index in [-0.39, 0.29) is 0 Å². The fourth-order valence-electron chi connectivity index (χ4n) is 1.76. The highest BCUT2D eigenvalue weighted by molar-refractivity contribution is 5.18. The molecule has 0 unspecified atom stereocenters. The molecule has 1 aliphatic rings. The average Bonchev–Trinajstić information content (AvgIpc) is 2.30. The van der Waals surface area contributed by atoms with E-state index >= 15 is 0 Å². The van der Waals surface area contributed by atoms with Crippen LogP contribution in [0.5, 0.6) is 0 Å². The Balaban J connectivity index is 2.56. The third kappa shape index (κ3) is 4.52. The SMILES string of the molecule is CC/C=C\C(=C/CCC)N1CCNCC1. The smallest absolute Gasteiger partial charge is 0.0323 e. The fraction of sp³-hybridized carbons (Fsp3) is 0.692. The molecule has 0 aromatic heterocycles. The van der Waals surface area contributed by atoms with Crippen LogP contribution >= 0.6 is 0 Å². The normalized spacial score (nSPS) is 18.8. The molecule has 0 aromatic rings. The van der Waals surface area contributed by atoms with Crippen LogP contribution in [0.25, 0.3) is 0 Å². The van der Waals surface area contributed by atoms with Gasteiger partial charge in [0, 0.05) is 31.9 Å². The van der Waals surface area contributed by atoms with Crippen LogP contribution in [-0.4, -0.2) is 31.1 Å². The Morgan fingerprint density at radius 1 is 1.27 bits per heavy atom.